The fourth-order valence-electron chi connectivity index (χ4n) is 2.85. The average molecular weight is 313 g/mol. The van der Waals surface area contributed by atoms with Gasteiger partial charge < -0.3 is 4.43 Å². The second-order valence-corrected chi connectivity index (χ2v) is 14.3. The minimum absolute atomic E-state index is 0.338. The molecule has 0 N–H and O–H groups in total. The lowest BCUT2D eigenvalue weighted by atomic mass is 9.95. The van der Waals surface area contributed by atoms with E-state index in [1.165, 1.54) is 38.5 Å². The van der Waals surface area contributed by atoms with E-state index < -0.39 is 8.32 Å². The smallest absolute Gasteiger partial charge is 0.191 e. The van der Waals surface area contributed by atoms with Crippen molar-refractivity contribution < 1.29 is 4.43 Å². The van der Waals surface area contributed by atoms with Crippen LogP contribution in [0.5, 0.6) is 0 Å². The van der Waals surface area contributed by atoms with Gasteiger partial charge in [0.1, 0.15) is 0 Å². The maximum atomic E-state index is 6.29. The van der Waals surface area contributed by atoms with Crippen molar-refractivity contribution in [3.63, 3.8) is 0 Å². The first-order chi connectivity index (χ1) is 9.28. The lowest BCUT2D eigenvalue weighted by molar-refractivity contribution is 0.282. The van der Waals surface area contributed by atoms with Crippen molar-refractivity contribution in [1.82, 2.24) is 0 Å². The van der Waals surface area contributed by atoms with E-state index in [1.54, 1.807) is 5.57 Å². The summed E-state index contributed by atoms with van der Waals surface area (Å²) in [6.45, 7) is 12.6. The fourth-order valence-corrected chi connectivity index (χ4v) is 5.62. The third kappa shape index (κ3) is 4.38. The standard InChI is InChI=1S/C17H32OSSi/c1-17(2,3)20(4,5)18-11-7-8-14-12-15-9-6-10-16(13-14)19-15/h12,15-16H,6-11,13H2,1-5H3. The van der Waals surface area contributed by atoms with Crippen molar-refractivity contribution in [3.05, 3.63) is 11.6 Å². The van der Waals surface area contributed by atoms with Crippen molar-refractivity contribution in [3.8, 4) is 0 Å². The summed E-state index contributed by atoms with van der Waals surface area (Å²) in [5.41, 5.74) is 1.72. The Hall–Kier alpha value is 0.267. The van der Waals surface area contributed by atoms with Crippen LogP contribution in [0.15, 0.2) is 11.6 Å². The molecule has 0 aromatic rings. The molecule has 1 saturated heterocycles. The van der Waals surface area contributed by atoms with E-state index in [0.717, 1.165) is 17.1 Å². The predicted molar refractivity (Wildman–Crippen MR) is 94.1 cm³/mol. The van der Waals surface area contributed by atoms with Gasteiger partial charge in [-0.2, -0.15) is 11.8 Å². The maximum absolute atomic E-state index is 6.29. The van der Waals surface area contributed by atoms with E-state index in [1.807, 2.05) is 0 Å². The van der Waals surface area contributed by atoms with Gasteiger partial charge >= 0.3 is 0 Å². The Morgan fingerprint density at radius 3 is 2.70 bits per heavy atom. The van der Waals surface area contributed by atoms with Gasteiger partial charge in [0.25, 0.3) is 0 Å². The minimum Gasteiger partial charge on any atom is -0.417 e. The van der Waals surface area contributed by atoms with Crippen LogP contribution in [0.4, 0.5) is 0 Å². The van der Waals surface area contributed by atoms with Crippen LogP contribution in [0.2, 0.25) is 18.1 Å². The van der Waals surface area contributed by atoms with Gasteiger partial charge in [-0.25, -0.2) is 0 Å². The molecule has 2 rings (SSSR count). The fraction of sp³-hybridized carbons (Fsp3) is 0.882. The molecule has 0 aromatic carbocycles. The van der Waals surface area contributed by atoms with Gasteiger partial charge in [0, 0.05) is 17.1 Å². The molecule has 0 aromatic heterocycles. The van der Waals surface area contributed by atoms with Crippen molar-refractivity contribution in [2.75, 3.05) is 6.61 Å². The molecule has 0 saturated carbocycles. The van der Waals surface area contributed by atoms with Crippen molar-refractivity contribution in [1.29, 1.82) is 0 Å². The van der Waals surface area contributed by atoms with Gasteiger partial charge in [-0.05, 0) is 50.2 Å². The van der Waals surface area contributed by atoms with E-state index in [0.29, 0.717) is 5.04 Å². The molecule has 2 heterocycles. The molecule has 116 valence electrons. The molecule has 2 atom stereocenters. The Morgan fingerprint density at radius 1 is 1.30 bits per heavy atom. The van der Waals surface area contributed by atoms with Gasteiger partial charge in [0.2, 0.25) is 0 Å². The number of allylic oxidation sites excluding steroid dienone is 1. The normalized spacial score (nSPS) is 27.4. The van der Waals surface area contributed by atoms with E-state index in [4.69, 9.17) is 4.43 Å². The van der Waals surface area contributed by atoms with Gasteiger partial charge in [-0.15, -0.1) is 0 Å². The highest BCUT2D eigenvalue weighted by atomic mass is 32.2. The molecule has 2 aliphatic rings. The summed E-state index contributed by atoms with van der Waals surface area (Å²) in [7, 11) is -1.54. The van der Waals surface area contributed by atoms with Gasteiger partial charge in [0.15, 0.2) is 8.32 Å². The molecule has 0 amide bonds. The zero-order chi connectivity index (χ0) is 14.8. The lowest BCUT2D eigenvalue weighted by Gasteiger charge is -2.36. The molecule has 2 bridgehead atoms. The molecular weight excluding hydrogens is 280 g/mol. The molecule has 20 heavy (non-hydrogen) atoms. The highest BCUT2D eigenvalue weighted by Gasteiger charge is 2.36. The maximum Gasteiger partial charge on any atom is 0.191 e. The summed E-state index contributed by atoms with van der Waals surface area (Å²) >= 11 is 2.22. The lowest BCUT2D eigenvalue weighted by Crippen LogP contribution is -2.41. The molecule has 2 aliphatic heterocycles. The van der Waals surface area contributed by atoms with E-state index in [-0.39, 0.29) is 0 Å². The third-order valence-electron chi connectivity index (χ3n) is 5.20. The Balaban J connectivity index is 1.73. The second kappa shape index (κ2) is 6.58. The summed E-state index contributed by atoms with van der Waals surface area (Å²) in [4.78, 5) is 0. The van der Waals surface area contributed by atoms with Crippen LogP contribution >= 0.6 is 11.8 Å². The first-order valence-corrected chi connectivity index (χ1v) is 12.1. The molecule has 3 heteroatoms. The quantitative estimate of drug-likeness (QED) is 0.362. The summed E-state index contributed by atoms with van der Waals surface area (Å²) in [6, 6.07) is 0. The van der Waals surface area contributed by atoms with Crippen LogP contribution in [0.25, 0.3) is 0 Å². The van der Waals surface area contributed by atoms with E-state index >= 15 is 0 Å². The van der Waals surface area contributed by atoms with Crippen molar-refractivity contribution >= 4 is 20.1 Å². The van der Waals surface area contributed by atoms with Gasteiger partial charge in [-0.3, -0.25) is 0 Å². The Bertz CT molecular complexity index is 356. The van der Waals surface area contributed by atoms with E-state index in [9.17, 15) is 0 Å². The zero-order valence-electron chi connectivity index (χ0n) is 14.0. The number of rotatable bonds is 5. The van der Waals surface area contributed by atoms with Crippen LogP contribution < -0.4 is 0 Å². The first-order valence-electron chi connectivity index (χ1n) is 8.27. The largest absolute Gasteiger partial charge is 0.417 e. The highest BCUT2D eigenvalue weighted by Crippen LogP contribution is 2.41. The molecule has 1 nitrogen and oxygen atoms in total. The van der Waals surface area contributed by atoms with Crippen LogP contribution in [0, 0.1) is 0 Å². The summed E-state index contributed by atoms with van der Waals surface area (Å²) in [5.74, 6) is 0. The molecular formula is C17H32OSSi. The molecule has 1 fully saturated rings. The van der Waals surface area contributed by atoms with Gasteiger partial charge in [0.05, 0.1) is 0 Å². The third-order valence-corrected chi connectivity index (χ3v) is 11.3. The number of fused-ring (bicyclic) bond motifs is 2. The predicted octanol–water partition coefficient (Wildman–Crippen LogP) is 5.77. The Morgan fingerprint density at radius 2 is 2.05 bits per heavy atom. The first kappa shape index (κ1) is 16.6. The molecule has 2 unspecified atom stereocenters. The van der Waals surface area contributed by atoms with Crippen molar-refractivity contribution in [2.45, 2.75) is 87.9 Å². The topological polar surface area (TPSA) is 9.23 Å². The molecule has 0 spiro atoms. The average Bonchev–Trinajstić information content (AvgIpc) is 2.33. The highest BCUT2D eigenvalue weighted by molar-refractivity contribution is 8.00. The molecule has 0 radical (unpaired) electrons. The Kier molecular flexibility index (Phi) is 5.47. The summed E-state index contributed by atoms with van der Waals surface area (Å²) in [5, 5.41) is 2.10. The number of thioether (sulfide) groups is 1. The van der Waals surface area contributed by atoms with E-state index in [2.05, 4.69) is 51.7 Å². The van der Waals surface area contributed by atoms with Crippen molar-refractivity contribution in [2.24, 2.45) is 0 Å². The van der Waals surface area contributed by atoms with Crippen LogP contribution in [-0.2, 0) is 4.43 Å². The zero-order valence-corrected chi connectivity index (χ0v) is 15.8. The minimum atomic E-state index is -1.54. The number of hydrogen-bond acceptors (Lipinski definition) is 2. The summed E-state index contributed by atoms with van der Waals surface area (Å²) in [6.07, 6.45) is 10.7. The van der Waals surface area contributed by atoms with Gasteiger partial charge in [-0.1, -0.05) is 38.8 Å². The van der Waals surface area contributed by atoms with Crippen LogP contribution in [-0.4, -0.2) is 25.4 Å². The monoisotopic (exact) mass is 312 g/mol. The Labute approximate surface area is 131 Å². The second-order valence-electron chi connectivity index (χ2n) is 7.97. The van der Waals surface area contributed by atoms with Crippen LogP contribution in [0.3, 0.4) is 0 Å². The SMILES string of the molecule is CC(C)(C)[Si](C)(C)OCCCC1=CC2CCCC(C1)S2. The summed E-state index contributed by atoms with van der Waals surface area (Å²) < 4.78 is 6.29. The number of hydrogen-bond donors (Lipinski definition) is 0. The van der Waals surface area contributed by atoms with Crippen LogP contribution in [0.1, 0.15) is 59.3 Å². The molecule has 0 aliphatic carbocycles.